The maximum atomic E-state index is 12.3. The Kier molecular flexibility index (Phi) is 17.9. The normalized spacial score (nSPS) is 15.3. The standard InChI is InChI=1S/C20H22Cl2N2O2.C14H22N2O.C7H3Cl3O/c1-24(10-12-26-13-11-24)9-8-15-2-5-17(6-3-15)23-20(25)16-4-7-18(21)19(22)14-16;1-16(14-7-10-17-11-8-14)9-6-12-2-4-13(15)5-3-12;8-5-2-1-4(7(10)11)3-6(5)9/h2-7,14H,8-13H2,1H3;2-5,14H,6-11,15H2,1H3;1-3H/p+1. The molecule has 1 amide bonds. The van der Waals surface area contributed by atoms with Gasteiger partial charge < -0.3 is 29.9 Å². The lowest BCUT2D eigenvalue weighted by Gasteiger charge is -2.37. The molecule has 290 valence electrons. The van der Waals surface area contributed by atoms with E-state index in [1.165, 1.54) is 29.3 Å². The number of hydrogen-bond acceptors (Lipinski definition) is 6. The number of anilines is 2. The molecule has 2 fully saturated rings. The zero-order chi connectivity index (χ0) is 39.1. The molecule has 2 aliphatic rings. The molecule has 0 radical (unpaired) electrons. The molecule has 0 aliphatic carbocycles. The van der Waals surface area contributed by atoms with Crippen molar-refractivity contribution < 1.29 is 23.5 Å². The molecule has 13 heteroatoms. The molecule has 4 aromatic rings. The Labute approximate surface area is 343 Å². The van der Waals surface area contributed by atoms with Crippen LogP contribution in [0.5, 0.6) is 0 Å². The Morgan fingerprint density at radius 3 is 1.83 bits per heavy atom. The van der Waals surface area contributed by atoms with Gasteiger partial charge in [0.05, 0.1) is 46.9 Å². The van der Waals surface area contributed by atoms with Crippen LogP contribution < -0.4 is 11.1 Å². The third kappa shape index (κ3) is 14.6. The van der Waals surface area contributed by atoms with Crippen LogP contribution in [0.25, 0.3) is 0 Å². The Morgan fingerprint density at radius 2 is 1.26 bits per heavy atom. The van der Waals surface area contributed by atoms with Crippen molar-refractivity contribution in [2.75, 3.05) is 77.8 Å². The van der Waals surface area contributed by atoms with E-state index in [9.17, 15) is 9.59 Å². The number of carbonyl (C=O) groups excluding carboxylic acids is 2. The molecular formula is C41H48Cl5N4O4+. The lowest BCUT2D eigenvalue weighted by atomic mass is 10.1. The van der Waals surface area contributed by atoms with Gasteiger partial charge in [-0.25, -0.2) is 0 Å². The Morgan fingerprint density at radius 1 is 0.741 bits per heavy atom. The SMILES string of the molecule is CN(CCc1ccc(N)cc1)C1CCOCC1.C[N+]1(CCc2ccc(NC(=O)c3ccc(Cl)c(Cl)c3)cc2)CCOCC1.O=C(Cl)c1ccc(Cl)c(Cl)c1. The molecule has 0 saturated carbocycles. The molecule has 6 rings (SSSR count). The summed E-state index contributed by atoms with van der Waals surface area (Å²) in [7, 11) is 4.50. The fraction of sp³-hybridized carbons (Fsp3) is 0.366. The molecule has 4 aromatic carbocycles. The number of rotatable bonds is 10. The van der Waals surface area contributed by atoms with Crippen LogP contribution in [0.3, 0.4) is 0 Å². The first kappa shape index (κ1) is 43.8. The number of morpholine rings is 1. The topological polar surface area (TPSA) is 93.9 Å². The number of likely N-dealkylation sites (N-methyl/N-ethyl adjacent to an activating group) is 2. The molecule has 2 saturated heterocycles. The van der Waals surface area contributed by atoms with E-state index in [1.54, 1.807) is 18.2 Å². The highest BCUT2D eigenvalue weighted by Crippen LogP contribution is 2.24. The summed E-state index contributed by atoms with van der Waals surface area (Å²) in [6.07, 6.45) is 4.43. The van der Waals surface area contributed by atoms with E-state index in [0.29, 0.717) is 37.3 Å². The number of nitrogens with zero attached hydrogens (tertiary/aromatic N) is 2. The number of nitrogens with one attached hydrogen (secondary N) is 1. The Bertz CT molecular complexity index is 1800. The monoisotopic (exact) mass is 835 g/mol. The van der Waals surface area contributed by atoms with Crippen LogP contribution in [0.4, 0.5) is 11.4 Å². The quantitative estimate of drug-likeness (QED) is 0.0940. The van der Waals surface area contributed by atoms with Gasteiger partial charge in [0, 0.05) is 54.7 Å². The number of nitrogen functional groups attached to an aromatic ring is 1. The highest BCUT2D eigenvalue weighted by atomic mass is 35.5. The van der Waals surface area contributed by atoms with E-state index in [4.69, 9.17) is 73.2 Å². The van der Waals surface area contributed by atoms with Gasteiger partial charge in [0.1, 0.15) is 13.1 Å². The number of nitrogens with two attached hydrogens (primary N) is 1. The van der Waals surface area contributed by atoms with Crippen LogP contribution in [0, 0.1) is 0 Å². The Balaban J connectivity index is 0.000000199. The van der Waals surface area contributed by atoms with E-state index in [0.717, 1.165) is 94.1 Å². The summed E-state index contributed by atoms with van der Waals surface area (Å²) in [4.78, 5) is 25.3. The van der Waals surface area contributed by atoms with Crippen LogP contribution in [0.2, 0.25) is 20.1 Å². The molecule has 0 bridgehead atoms. The fourth-order valence-electron chi connectivity index (χ4n) is 5.92. The summed E-state index contributed by atoms with van der Waals surface area (Å²) in [6.45, 7) is 7.85. The molecule has 0 aromatic heterocycles. The summed E-state index contributed by atoms with van der Waals surface area (Å²) < 4.78 is 11.9. The first-order valence-electron chi connectivity index (χ1n) is 17.9. The van der Waals surface area contributed by atoms with Gasteiger partial charge in [-0.05, 0) is 110 Å². The van der Waals surface area contributed by atoms with E-state index in [-0.39, 0.29) is 5.91 Å². The van der Waals surface area contributed by atoms with Gasteiger partial charge in [0.2, 0.25) is 0 Å². The number of quaternary nitrogens is 1. The highest BCUT2D eigenvalue weighted by Gasteiger charge is 2.24. The van der Waals surface area contributed by atoms with E-state index < -0.39 is 5.24 Å². The fourth-order valence-corrected chi connectivity index (χ4v) is 6.63. The predicted octanol–water partition coefficient (Wildman–Crippen LogP) is 9.56. The molecule has 0 atom stereocenters. The second-order valence-electron chi connectivity index (χ2n) is 13.7. The third-order valence-corrected chi connectivity index (χ3v) is 11.3. The van der Waals surface area contributed by atoms with E-state index in [2.05, 4.69) is 48.6 Å². The van der Waals surface area contributed by atoms with Gasteiger partial charge in [-0.3, -0.25) is 9.59 Å². The molecule has 3 N–H and O–H groups in total. The lowest BCUT2D eigenvalue weighted by Crippen LogP contribution is -2.52. The minimum atomic E-state index is -0.538. The van der Waals surface area contributed by atoms with Crippen molar-refractivity contribution in [1.29, 1.82) is 0 Å². The van der Waals surface area contributed by atoms with Crippen LogP contribution in [0.15, 0.2) is 84.9 Å². The average molecular weight is 838 g/mol. The van der Waals surface area contributed by atoms with Crippen molar-refractivity contribution in [3.63, 3.8) is 0 Å². The first-order chi connectivity index (χ1) is 25.8. The lowest BCUT2D eigenvalue weighted by molar-refractivity contribution is -0.916. The van der Waals surface area contributed by atoms with Crippen molar-refractivity contribution >= 4 is 80.5 Å². The van der Waals surface area contributed by atoms with Crippen molar-refractivity contribution in [3.05, 3.63) is 127 Å². The van der Waals surface area contributed by atoms with Gasteiger partial charge in [-0.15, -0.1) is 0 Å². The van der Waals surface area contributed by atoms with Gasteiger partial charge in [0.25, 0.3) is 11.1 Å². The largest absolute Gasteiger partial charge is 0.399 e. The molecule has 0 spiro atoms. The van der Waals surface area contributed by atoms with E-state index >= 15 is 0 Å². The van der Waals surface area contributed by atoms with Gasteiger partial charge >= 0.3 is 0 Å². The maximum Gasteiger partial charge on any atom is 0.255 e. The second-order valence-corrected chi connectivity index (χ2v) is 15.6. The smallest absolute Gasteiger partial charge is 0.255 e. The number of halogens is 5. The number of benzene rings is 4. The summed E-state index contributed by atoms with van der Waals surface area (Å²) in [6, 6.07) is 26.2. The van der Waals surface area contributed by atoms with Crippen molar-refractivity contribution in [2.24, 2.45) is 0 Å². The maximum absolute atomic E-state index is 12.3. The average Bonchev–Trinajstić information content (AvgIpc) is 3.17. The summed E-state index contributed by atoms with van der Waals surface area (Å²) in [5, 5.41) is 3.89. The summed E-state index contributed by atoms with van der Waals surface area (Å²) in [5.41, 5.74) is 10.7. The number of ether oxygens (including phenoxy) is 2. The highest BCUT2D eigenvalue weighted by molar-refractivity contribution is 6.67. The number of carbonyl (C=O) groups is 2. The molecule has 2 heterocycles. The molecule has 0 unspecified atom stereocenters. The van der Waals surface area contributed by atoms with Crippen molar-refractivity contribution in [3.8, 4) is 0 Å². The van der Waals surface area contributed by atoms with E-state index in [1.807, 2.05) is 24.3 Å². The van der Waals surface area contributed by atoms with Gasteiger partial charge in [0.15, 0.2) is 0 Å². The van der Waals surface area contributed by atoms with Crippen molar-refractivity contribution in [2.45, 2.75) is 31.7 Å². The van der Waals surface area contributed by atoms with Crippen LogP contribution in [0.1, 0.15) is 44.7 Å². The predicted molar refractivity (Wildman–Crippen MR) is 224 cm³/mol. The zero-order valence-electron chi connectivity index (χ0n) is 30.6. The molecule has 2 aliphatic heterocycles. The second kappa shape index (κ2) is 22.0. The van der Waals surface area contributed by atoms with Gasteiger partial charge in [-0.1, -0.05) is 70.7 Å². The first-order valence-corrected chi connectivity index (χ1v) is 19.7. The third-order valence-electron chi connectivity index (χ3n) is 9.58. The number of amides is 1. The van der Waals surface area contributed by atoms with Crippen molar-refractivity contribution in [1.82, 2.24) is 4.90 Å². The van der Waals surface area contributed by atoms with Gasteiger partial charge in [-0.2, -0.15) is 0 Å². The molecule has 8 nitrogen and oxygen atoms in total. The Hall–Kier alpha value is -2.89. The van der Waals surface area contributed by atoms with Crippen LogP contribution in [-0.4, -0.2) is 93.3 Å². The zero-order valence-corrected chi connectivity index (χ0v) is 34.4. The van der Waals surface area contributed by atoms with Crippen LogP contribution >= 0.6 is 58.0 Å². The van der Waals surface area contributed by atoms with Crippen LogP contribution in [-0.2, 0) is 22.3 Å². The minimum absolute atomic E-state index is 0.206. The minimum Gasteiger partial charge on any atom is -0.399 e. The molecular weight excluding hydrogens is 790 g/mol. The number of hydrogen-bond donors (Lipinski definition) is 2. The summed E-state index contributed by atoms with van der Waals surface area (Å²) >= 11 is 28.3. The molecule has 54 heavy (non-hydrogen) atoms. The summed E-state index contributed by atoms with van der Waals surface area (Å²) in [5.74, 6) is -0.206.